The van der Waals surface area contributed by atoms with Crippen molar-refractivity contribution in [2.45, 2.75) is 58.4 Å². The molecule has 0 amide bonds. The quantitative estimate of drug-likeness (QED) is 0.890. The second-order valence-corrected chi connectivity index (χ2v) is 6.20. The van der Waals surface area contributed by atoms with Gasteiger partial charge in [-0.25, -0.2) is 0 Å². The van der Waals surface area contributed by atoms with Crippen LogP contribution in [0, 0.1) is 6.92 Å². The molecule has 0 aromatic heterocycles. The first kappa shape index (κ1) is 13.4. The van der Waals surface area contributed by atoms with Gasteiger partial charge in [-0.15, -0.1) is 0 Å². The van der Waals surface area contributed by atoms with Crippen LogP contribution in [-0.4, -0.2) is 12.6 Å². The second-order valence-electron chi connectivity index (χ2n) is 6.20. The first-order valence-corrected chi connectivity index (χ1v) is 6.89. The normalized spacial score (nSPS) is 15.4. The zero-order valence-corrected chi connectivity index (χ0v) is 12.1. The van der Waals surface area contributed by atoms with E-state index in [1.54, 1.807) is 12.7 Å². The average Bonchev–Trinajstić information content (AvgIpc) is 2.31. The number of benzene rings is 1. The van der Waals surface area contributed by atoms with Crippen LogP contribution in [0.1, 0.15) is 48.9 Å². The largest absolute Gasteiger partial charge is 0.496 e. The molecule has 2 N–H and O–H groups in total. The van der Waals surface area contributed by atoms with Crippen molar-refractivity contribution in [3.8, 4) is 5.75 Å². The molecular formula is C16H25NO. The maximum Gasteiger partial charge on any atom is 0.122 e. The van der Waals surface area contributed by atoms with Crippen LogP contribution in [0.15, 0.2) is 6.07 Å². The van der Waals surface area contributed by atoms with Gasteiger partial charge in [-0.05, 0) is 81.2 Å². The van der Waals surface area contributed by atoms with Gasteiger partial charge in [0, 0.05) is 5.54 Å². The topological polar surface area (TPSA) is 35.2 Å². The van der Waals surface area contributed by atoms with Crippen molar-refractivity contribution in [1.82, 2.24) is 0 Å². The van der Waals surface area contributed by atoms with E-state index in [-0.39, 0.29) is 5.54 Å². The lowest BCUT2D eigenvalue weighted by molar-refractivity contribution is 0.399. The predicted octanol–water partition coefficient (Wildman–Crippen LogP) is 3.16. The fourth-order valence-electron chi connectivity index (χ4n) is 3.02. The molecule has 0 bridgehead atoms. The molecule has 0 radical (unpaired) electrons. The van der Waals surface area contributed by atoms with Crippen LogP contribution in [0.2, 0.25) is 0 Å². The maximum atomic E-state index is 6.21. The molecule has 1 aromatic carbocycles. The van der Waals surface area contributed by atoms with Gasteiger partial charge in [0.15, 0.2) is 0 Å². The minimum Gasteiger partial charge on any atom is -0.496 e. The maximum absolute atomic E-state index is 6.21. The minimum absolute atomic E-state index is 0.187. The molecule has 0 aliphatic heterocycles. The first-order chi connectivity index (χ1) is 8.42. The Morgan fingerprint density at radius 2 is 1.83 bits per heavy atom. The highest BCUT2D eigenvalue weighted by atomic mass is 16.5. The summed E-state index contributed by atoms with van der Waals surface area (Å²) in [4.78, 5) is 0. The molecule has 1 aliphatic carbocycles. The van der Waals surface area contributed by atoms with Gasteiger partial charge >= 0.3 is 0 Å². The summed E-state index contributed by atoms with van der Waals surface area (Å²) in [6.07, 6.45) is 5.88. The highest BCUT2D eigenvalue weighted by Crippen LogP contribution is 2.35. The number of nitrogens with two attached hydrogens (primary N) is 1. The number of aryl methyl sites for hydroxylation is 1. The third-order valence-electron chi connectivity index (χ3n) is 3.81. The van der Waals surface area contributed by atoms with Crippen LogP contribution in [-0.2, 0) is 19.3 Å². The fourth-order valence-corrected chi connectivity index (χ4v) is 3.02. The van der Waals surface area contributed by atoms with Crippen molar-refractivity contribution in [3.05, 3.63) is 28.3 Å². The molecule has 2 heteroatoms. The molecule has 1 aliphatic rings. The van der Waals surface area contributed by atoms with Crippen LogP contribution >= 0.6 is 0 Å². The Morgan fingerprint density at radius 1 is 1.22 bits per heavy atom. The summed E-state index contributed by atoms with van der Waals surface area (Å²) >= 11 is 0. The van der Waals surface area contributed by atoms with Crippen LogP contribution < -0.4 is 10.5 Å². The van der Waals surface area contributed by atoms with E-state index in [4.69, 9.17) is 10.5 Å². The van der Waals surface area contributed by atoms with Gasteiger partial charge in [0.1, 0.15) is 5.75 Å². The summed E-state index contributed by atoms with van der Waals surface area (Å²) in [6, 6.07) is 2.19. The molecular weight excluding hydrogens is 222 g/mol. The third-order valence-corrected chi connectivity index (χ3v) is 3.81. The summed E-state index contributed by atoms with van der Waals surface area (Å²) in [5.41, 5.74) is 11.8. The molecule has 0 heterocycles. The molecule has 0 saturated heterocycles. The van der Waals surface area contributed by atoms with Crippen LogP contribution in [0.3, 0.4) is 0 Å². The third kappa shape index (κ3) is 2.69. The van der Waals surface area contributed by atoms with Gasteiger partial charge in [0.25, 0.3) is 0 Å². The number of rotatable bonds is 3. The van der Waals surface area contributed by atoms with Gasteiger partial charge in [0.2, 0.25) is 0 Å². The van der Waals surface area contributed by atoms with Crippen LogP contribution in [0.4, 0.5) is 0 Å². The average molecular weight is 247 g/mol. The van der Waals surface area contributed by atoms with Crippen molar-refractivity contribution < 1.29 is 4.74 Å². The first-order valence-electron chi connectivity index (χ1n) is 6.89. The second kappa shape index (κ2) is 4.93. The van der Waals surface area contributed by atoms with Gasteiger partial charge in [-0.1, -0.05) is 0 Å². The molecule has 2 rings (SSSR count). The molecule has 2 nitrogen and oxygen atoms in total. The molecule has 1 aromatic rings. The van der Waals surface area contributed by atoms with E-state index in [9.17, 15) is 0 Å². The Labute approximate surface area is 111 Å². The molecule has 0 unspecified atom stereocenters. The molecule has 0 atom stereocenters. The van der Waals surface area contributed by atoms with Crippen molar-refractivity contribution in [3.63, 3.8) is 0 Å². The Balaban J connectivity index is 2.54. The summed E-state index contributed by atoms with van der Waals surface area (Å²) in [7, 11) is 1.76. The van der Waals surface area contributed by atoms with Crippen molar-refractivity contribution >= 4 is 0 Å². The van der Waals surface area contributed by atoms with E-state index in [0.29, 0.717) is 0 Å². The molecule has 100 valence electrons. The predicted molar refractivity (Wildman–Crippen MR) is 76.3 cm³/mol. The molecule has 0 fully saturated rings. The van der Waals surface area contributed by atoms with Crippen LogP contribution in [0.5, 0.6) is 5.75 Å². The Hall–Kier alpha value is -1.02. The van der Waals surface area contributed by atoms with E-state index in [0.717, 1.165) is 12.2 Å². The van der Waals surface area contributed by atoms with Gasteiger partial charge in [-0.3, -0.25) is 0 Å². The van der Waals surface area contributed by atoms with Crippen LogP contribution in [0.25, 0.3) is 0 Å². The molecule has 0 saturated carbocycles. The zero-order chi connectivity index (χ0) is 13.3. The summed E-state index contributed by atoms with van der Waals surface area (Å²) in [6.45, 7) is 6.37. The van der Waals surface area contributed by atoms with E-state index < -0.39 is 0 Å². The van der Waals surface area contributed by atoms with Crippen molar-refractivity contribution in [2.24, 2.45) is 5.73 Å². The van der Waals surface area contributed by atoms with E-state index >= 15 is 0 Å². The van der Waals surface area contributed by atoms with Crippen molar-refractivity contribution in [1.29, 1.82) is 0 Å². The van der Waals surface area contributed by atoms with E-state index in [1.165, 1.54) is 42.4 Å². The summed E-state index contributed by atoms with van der Waals surface area (Å²) in [5, 5.41) is 0. The monoisotopic (exact) mass is 247 g/mol. The highest BCUT2D eigenvalue weighted by Gasteiger charge is 2.23. The lowest BCUT2D eigenvalue weighted by Crippen LogP contribution is -2.35. The van der Waals surface area contributed by atoms with Gasteiger partial charge in [-0.2, -0.15) is 0 Å². The number of ether oxygens (including phenoxy) is 1. The molecule has 0 spiro atoms. The Kier molecular flexibility index (Phi) is 3.67. The SMILES string of the molecule is COc1cc(C)c2c(c1CC(C)(C)N)CCCC2. The number of methoxy groups -OCH3 is 1. The summed E-state index contributed by atoms with van der Waals surface area (Å²) < 4.78 is 5.58. The number of fused-ring (bicyclic) bond motifs is 1. The Morgan fingerprint density at radius 3 is 2.39 bits per heavy atom. The highest BCUT2D eigenvalue weighted by molar-refractivity contribution is 5.51. The molecule has 18 heavy (non-hydrogen) atoms. The zero-order valence-electron chi connectivity index (χ0n) is 12.1. The number of hydrogen-bond donors (Lipinski definition) is 1. The van der Waals surface area contributed by atoms with E-state index in [1.807, 2.05) is 0 Å². The standard InChI is InChI=1S/C16H25NO/c1-11-9-15(18-4)14(10-16(2,3)17)13-8-6-5-7-12(11)13/h9H,5-8,10,17H2,1-4H3. The smallest absolute Gasteiger partial charge is 0.122 e. The van der Waals surface area contributed by atoms with Crippen molar-refractivity contribution in [2.75, 3.05) is 7.11 Å². The lowest BCUT2D eigenvalue weighted by atomic mass is 9.81. The van der Waals surface area contributed by atoms with E-state index in [2.05, 4.69) is 26.8 Å². The summed E-state index contributed by atoms with van der Waals surface area (Å²) in [5.74, 6) is 1.02. The Bertz CT molecular complexity index is 443. The van der Waals surface area contributed by atoms with Gasteiger partial charge < -0.3 is 10.5 Å². The lowest BCUT2D eigenvalue weighted by Gasteiger charge is -2.27. The minimum atomic E-state index is -0.187. The van der Waals surface area contributed by atoms with Gasteiger partial charge in [0.05, 0.1) is 7.11 Å². The number of hydrogen-bond acceptors (Lipinski definition) is 2. The fraction of sp³-hybridized carbons (Fsp3) is 0.625.